The van der Waals surface area contributed by atoms with E-state index in [-0.39, 0.29) is 32.5 Å². The summed E-state index contributed by atoms with van der Waals surface area (Å²) in [5.41, 5.74) is -0.0402. The van der Waals surface area contributed by atoms with Crippen LogP contribution in [0.3, 0.4) is 0 Å². The first-order valence-corrected chi connectivity index (χ1v) is 7.93. The summed E-state index contributed by atoms with van der Waals surface area (Å²) in [6.45, 7) is 1.47. The van der Waals surface area contributed by atoms with Crippen molar-refractivity contribution in [3.63, 3.8) is 0 Å². The fourth-order valence-corrected chi connectivity index (χ4v) is 3.46. The minimum Gasteiger partial charge on any atom is -0.506 e. The number of phenols is 1. The maximum Gasteiger partial charge on any atom is 0.335 e. The number of anilines is 1. The topological polar surface area (TPSA) is 104 Å². The molecule has 3 N–H and O–H groups in total. The molecule has 2 aromatic rings. The summed E-state index contributed by atoms with van der Waals surface area (Å²) >= 11 is 5.90. The van der Waals surface area contributed by atoms with Crippen molar-refractivity contribution in [1.29, 1.82) is 0 Å². The highest BCUT2D eigenvalue weighted by molar-refractivity contribution is 7.92. The number of phenolic OH excluding ortho intramolecular Hbond substituents is 1. The van der Waals surface area contributed by atoms with E-state index in [1.807, 2.05) is 0 Å². The molecule has 6 nitrogen and oxygen atoms in total. The Hall–Kier alpha value is -2.25. The van der Waals surface area contributed by atoms with Crippen molar-refractivity contribution >= 4 is 33.3 Å². The van der Waals surface area contributed by atoms with E-state index in [2.05, 4.69) is 4.72 Å². The van der Waals surface area contributed by atoms with Crippen LogP contribution in [0.25, 0.3) is 0 Å². The summed E-state index contributed by atoms with van der Waals surface area (Å²) in [6.07, 6.45) is 0. The van der Waals surface area contributed by atoms with Crippen molar-refractivity contribution in [1.82, 2.24) is 0 Å². The van der Waals surface area contributed by atoms with Gasteiger partial charge in [0.1, 0.15) is 5.75 Å². The molecular weight excluding hydrogens is 330 g/mol. The van der Waals surface area contributed by atoms with Crippen LogP contribution in [0.4, 0.5) is 5.69 Å². The van der Waals surface area contributed by atoms with Gasteiger partial charge in [0.2, 0.25) is 0 Å². The third-order valence-corrected chi connectivity index (χ3v) is 4.87. The highest BCUT2D eigenvalue weighted by Crippen LogP contribution is 2.29. The molecule has 2 aromatic carbocycles. The van der Waals surface area contributed by atoms with Gasteiger partial charge in [0, 0.05) is 5.02 Å². The van der Waals surface area contributed by atoms with Crippen molar-refractivity contribution in [3.05, 3.63) is 52.5 Å². The molecule has 0 aliphatic heterocycles. The summed E-state index contributed by atoms with van der Waals surface area (Å²) in [4.78, 5) is 10.8. The number of carbonyl (C=O) groups is 1. The second kappa shape index (κ2) is 5.86. The molecule has 2 rings (SSSR count). The number of hydrogen-bond acceptors (Lipinski definition) is 4. The van der Waals surface area contributed by atoms with Crippen molar-refractivity contribution < 1.29 is 23.4 Å². The third-order valence-electron chi connectivity index (χ3n) is 2.98. The number of para-hydroxylation sites is 2. The highest BCUT2D eigenvalue weighted by atomic mass is 35.5. The summed E-state index contributed by atoms with van der Waals surface area (Å²) < 4.78 is 27.1. The van der Waals surface area contributed by atoms with Gasteiger partial charge < -0.3 is 10.2 Å². The van der Waals surface area contributed by atoms with Crippen LogP contribution >= 0.6 is 11.6 Å². The van der Waals surface area contributed by atoms with Crippen molar-refractivity contribution in [2.45, 2.75) is 11.8 Å². The Bertz CT molecular complexity index is 848. The lowest BCUT2D eigenvalue weighted by Gasteiger charge is -2.13. The molecule has 0 aromatic heterocycles. The number of aromatic carboxylic acids is 1. The first-order valence-electron chi connectivity index (χ1n) is 6.06. The molecule has 0 fully saturated rings. The molecule has 0 bridgehead atoms. The zero-order chi connectivity index (χ0) is 16.5. The van der Waals surface area contributed by atoms with E-state index in [1.165, 1.54) is 25.1 Å². The summed E-state index contributed by atoms with van der Waals surface area (Å²) in [7, 11) is -4.10. The molecule has 0 spiro atoms. The largest absolute Gasteiger partial charge is 0.506 e. The monoisotopic (exact) mass is 341 g/mol. The van der Waals surface area contributed by atoms with Gasteiger partial charge in [-0.15, -0.1) is 0 Å². The number of hydrogen-bond donors (Lipinski definition) is 3. The van der Waals surface area contributed by atoms with E-state index in [0.29, 0.717) is 0 Å². The van der Waals surface area contributed by atoms with E-state index in [4.69, 9.17) is 16.7 Å². The minimum atomic E-state index is -4.10. The zero-order valence-corrected chi connectivity index (χ0v) is 12.9. The summed E-state index contributed by atoms with van der Waals surface area (Å²) in [6, 6.07) is 7.99. The average Bonchev–Trinajstić information content (AvgIpc) is 2.43. The minimum absolute atomic E-state index is 0.0150. The van der Waals surface area contributed by atoms with Crippen LogP contribution in [0.15, 0.2) is 41.3 Å². The normalized spacial score (nSPS) is 11.2. The number of aromatic hydroxyl groups is 1. The number of rotatable bonds is 4. The molecule has 0 unspecified atom stereocenters. The Morgan fingerprint density at radius 2 is 1.86 bits per heavy atom. The fraction of sp³-hybridized carbons (Fsp3) is 0.0714. The Morgan fingerprint density at radius 3 is 2.45 bits per heavy atom. The van der Waals surface area contributed by atoms with Crippen LogP contribution in [0, 0.1) is 6.92 Å². The zero-order valence-electron chi connectivity index (χ0n) is 11.4. The van der Waals surface area contributed by atoms with Crippen LogP contribution in [0.1, 0.15) is 15.9 Å². The van der Waals surface area contributed by atoms with Gasteiger partial charge in [0.15, 0.2) is 0 Å². The van der Waals surface area contributed by atoms with Gasteiger partial charge in [-0.25, -0.2) is 13.2 Å². The molecule has 116 valence electrons. The number of halogens is 1. The van der Waals surface area contributed by atoms with Crippen LogP contribution in [-0.2, 0) is 10.0 Å². The molecule has 0 heterocycles. The van der Waals surface area contributed by atoms with E-state index in [9.17, 15) is 18.3 Å². The van der Waals surface area contributed by atoms with Crippen LogP contribution in [0.5, 0.6) is 5.75 Å². The standard InChI is InChI=1S/C14H12ClNO5S/c1-8-10(15)6-9(14(18)19)7-13(8)22(20,21)16-11-4-2-3-5-12(11)17/h2-7,16-17H,1H3,(H,18,19). The lowest BCUT2D eigenvalue weighted by Crippen LogP contribution is -2.15. The van der Waals surface area contributed by atoms with Gasteiger partial charge >= 0.3 is 5.97 Å². The average molecular weight is 342 g/mol. The third kappa shape index (κ3) is 3.15. The number of sulfonamides is 1. The van der Waals surface area contributed by atoms with Gasteiger partial charge in [0.05, 0.1) is 16.1 Å². The van der Waals surface area contributed by atoms with E-state index >= 15 is 0 Å². The Labute approximate surface area is 132 Å². The molecule has 22 heavy (non-hydrogen) atoms. The Balaban J connectivity index is 2.54. The summed E-state index contributed by atoms with van der Waals surface area (Å²) in [5.74, 6) is -1.54. The quantitative estimate of drug-likeness (QED) is 0.742. The van der Waals surface area contributed by atoms with Gasteiger partial charge in [0.25, 0.3) is 10.0 Å². The number of benzene rings is 2. The van der Waals surface area contributed by atoms with Crippen molar-refractivity contribution in [2.75, 3.05) is 4.72 Å². The van der Waals surface area contributed by atoms with Gasteiger partial charge in [-0.05, 0) is 36.8 Å². The predicted molar refractivity (Wildman–Crippen MR) is 82.1 cm³/mol. The Morgan fingerprint density at radius 1 is 1.23 bits per heavy atom. The molecule has 0 saturated heterocycles. The van der Waals surface area contributed by atoms with E-state index < -0.39 is 16.0 Å². The maximum atomic E-state index is 12.4. The molecule has 0 amide bonds. The van der Waals surface area contributed by atoms with Gasteiger partial charge in [-0.3, -0.25) is 4.72 Å². The first kappa shape index (κ1) is 16.1. The lowest BCUT2D eigenvalue weighted by atomic mass is 10.1. The molecule has 8 heteroatoms. The maximum absolute atomic E-state index is 12.4. The van der Waals surface area contributed by atoms with Crippen molar-refractivity contribution in [2.24, 2.45) is 0 Å². The summed E-state index contributed by atoms with van der Waals surface area (Å²) in [5, 5.41) is 18.7. The predicted octanol–water partition coefficient (Wildman–Crippen LogP) is 2.85. The molecule has 0 aliphatic carbocycles. The number of nitrogens with one attached hydrogen (secondary N) is 1. The van der Waals surface area contributed by atoms with Gasteiger partial charge in [-0.2, -0.15) is 0 Å². The lowest BCUT2D eigenvalue weighted by molar-refractivity contribution is 0.0696. The number of carboxylic acids is 1. The second-order valence-corrected chi connectivity index (χ2v) is 6.57. The van der Waals surface area contributed by atoms with E-state index in [0.717, 1.165) is 6.07 Å². The fourth-order valence-electron chi connectivity index (χ4n) is 1.82. The van der Waals surface area contributed by atoms with E-state index in [1.54, 1.807) is 12.1 Å². The smallest absolute Gasteiger partial charge is 0.335 e. The second-order valence-electron chi connectivity index (χ2n) is 4.51. The van der Waals surface area contributed by atoms with Crippen molar-refractivity contribution in [3.8, 4) is 5.75 Å². The SMILES string of the molecule is Cc1c(Cl)cc(C(=O)O)cc1S(=O)(=O)Nc1ccccc1O. The van der Waals surface area contributed by atoms with Crippen LogP contribution in [0.2, 0.25) is 5.02 Å². The highest BCUT2D eigenvalue weighted by Gasteiger charge is 2.22. The first-order chi connectivity index (χ1) is 10.2. The molecular formula is C14H12ClNO5S. The molecule has 0 aliphatic rings. The number of carboxylic acid groups (broad SMARTS) is 1. The van der Waals surface area contributed by atoms with Crippen LogP contribution < -0.4 is 4.72 Å². The molecule has 0 atom stereocenters. The molecule has 0 saturated carbocycles. The van der Waals surface area contributed by atoms with Gasteiger partial charge in [-0.1, -0.05) is 23.7 Å². The molecule has 0 radical (unpaired) electrons. The Kier molecular flexibility index (Phi) is 4.30. The van der Waals surface area contributed by atoms with Crippen LogP contribution in [-0.4, -0.2) is 24.6 Å².